The van der Waals surface area contributed by atoms with E-state index in [1.807, 2.05) is 30.1 Å². The molecule has 3 atom stereocenters. The molecule has 2 N–H and O–H groups in total. The second-order valence-corrected chi connectivity index (χ2v) is 6.22. The van der Waals surface area contributed by atoms with Crippen LogP contribution < -0.4 is 5.73 Å². The maximum Gasteiger partial charge on any atom is 0.0963 e. The summed E-state index contributed by atoms with van der Waals surface area (Å²) in [6.07, 6.45) is 8.26. The van der Waals surface area contributed by atoms with E-state index in [4.69, 9.17) is 5.73 Å². The summed E-state index contributed by atoms with van der Waals surface area (Å²) >= 11 is 1.87. The van der Waals surface area contributed by atoms with Crippen molar-refractivity contribution < 1.29 is 0 Å². The largest absolute Gasteiger partial charge is 0.327 e. The Hall–Kier alpha value is -0.540. The first-order valence-corrected chi connectivity index (χ1v) is 7.50. The fraction of sp³-hybridized carbons (Fsp3) is 0.643. The normalized spacial score (nSPS) is 29.2. The van der Waals surface area contributed by atoms with E-state index in [1.165, 1.54) is 32.1 Å². The Balaban J connectivity index is 1.94. The van der Waals surface area contributed by atoms with Crippen LogP contribution in [0.3, 0.4) is 0 Å². The predicted molar refractivity (Wildman–Crippen MR) is 74.1 cm³/mol. The number of thioether (sulfide) groups is 1. The van der Waals surface area contributed by atoms with Gasteiger partial charge in [-0.2, -0.15) is 0 Å². The Bertz CT molecular complexity index is 328. The smallest absolute Gasteiger partial charge is 0.0963 e. The highest BCUT2D eigenvalue weighted by Gasteiger charge is 2.28. The summed E-state index contributed by atoms with van der Waals surface area (Å²) in [5.41, 5.74) is 6.24. The van der Waals surface area contributed by atoms with Crippen LogP contribution in [0, 0.1) is 5.92 Å². The third kappa shape index (κ3) is 3.71. The quantitative estimate of drug-likeness (QED) is 0.889. The summed E-state index contributed by atoms with van der Waals surface area (Å²) in [6.45, 7) is 2.27. The zero-order valence-corrected chi connectivity index (χ0v) is 11.3. The highest BCUT2D eigenvalue weighted by molar-refractivity contribution is 7.99. The molecule has 1 aliphatic rings. The Morgan fingerprint density at radius 2 is 2.29 bits per heavy atom. The highest BCUT2D eigenvalue weighted by atomic mass is 32.2. The second-order valence-electron chi connectivity index (χ2n) is 4.96. The molecule has 0 spiro atoms. The molecule has 3 heteroatoms. The molecule has 1 aliphatic carbocycles. The number of hydrogen-bond donors (Lipinski definition) is 1. The van der Waals surface area contributed by atoms with Crippen LogP contribution in [-0.2, 0) is 0 Å². The van der Waals surface area contributed by atoms with Crippen molar-refractivity contribution in [3.63, 3.8) is 0 Å². The molecule has 0 aliphatic heterocycles. The summed E-state index contributed by atoms with van der Waals surface area (Å²) in [4.78, 5) is 4.39. The minimum absolute atomic E-state index is 0.343. The van der Waals surface area contributed by atoms with Crippen LogP contribution in [0.1, 0.15) is 39.0 Å². The monoisotopic (exact) mass is 250 g/mol. The molecule has 2 nitrogen and oxygen atoms in total. The van der Waals surface area contributed by atoms with Gasteiger partial charge in [0.05, 0.1) is 5.03 Å². The molecule has 0 saturated heterocycles. The van der Waals surface area contributed by atoms with Gasteiger partial charge in [-0.05, 0) is 37.3 Å². The zero-order chi connectivity index (χ0) is 12.1. The summed E-state index contributed by atoms with van der Waals surface area (Å²) in [5, 5.41) is 1.67. The van der Waals surface area contributed by atoms with E-state index in [1.54, 1.807) is 0 Å². The van der Waals surface area contributed by atoms with Gasteiger partial charge < -0.3 is 5.73 Å². The molecule has 3 unspecified atom stereocenters. The molecule has 1 fully saturated rings. The third-order valence-electron chi connectivity index (χ3n) is 3.56. The van der Waals surface area contributed by atoms with E-state index in [2.05, 4.69) is 18.0 Å². The van der Waals surface area contributed by atoms with Crippen LogP contribution in [0.4, 0.5) is 0 Å². The van der Waals surface area contributed by atoms with Crippen LogP contribution in [0.25, 0.3) is 0 Å². The van der Waals surface area contributed by atoms with Crippen LogP contribution in [0.5, 0.6) is 0 Å². The van der Waals surface area contributed by atoms with Gasteiger partial charge in [-0.25, -0.2) is 4.98 Å². The van der Waals surface area contributed by atoms with E-state index < -0.39 is 0 Å². The second kappa shape index (κ2) is 6.41. The van der Waals surface area contributed by atoms with Crippen molar-refractivity contribution in [2.75, 3.05) is 0 Å². The molecule has 0 amide bonds. The SMILES string of the molecule is CCCC1CCC(N)C(Sc2ccccn2)C1. The van der Waals surface area contributed by atoms with Gasteiger partial charge in [0.15, 0.2) is 0 Å². The molecule has 1 aromatic heterocycles. The van der Waals surface area contributed by atoms with Crippen molar-refractivity contribution in [1.82, 2.24) is 4.98 Å². The molecular formula is C14H22N2S. The lowest BCUT2D eigenvalue weighted by Gasteiger charge is -2.33. The zero-order valence-electron chi connectivity index (χ0n) is 10.5. The number of pyridine rings is 1. The standard InChI is InChI=1S/C14H22N2S/c1-2-5-11-7-8-12(15)13(10-11)17-14-6-3-4-9-16-14/h3-4,6,9,11-13H,2,5,7-8,10,15H2,1H3. The van der Waals surface area contributed by atoms with Gasteiger partial charge in [-0.1, -0.05) is 25.8 Å². The first kappa shape index (κ1) is 12.9. The Morgan fingerprint density at radius 1 is 1.41 bits per heavy atom. The van der Waals surface area contributed by atoms with Crippen molar-refractivity contribution in [2.24, 2.45) is 11.7 Å². The average molecular weight is 250 g/mol. The lowest BCUT2D eigenvalue weighted by atomic mass is 9.83. The lowest BCUT2D eigenvalue weighted by molar-refractivity contribution is 0.316. The van der Waals surface area contributed by atoms with Crippen molar-refractivity contribution >= 4 is 11.8 Å². The molecule has 2 rings (SSSR count). The van der Waals surface area contributed by atoms with E-state index in [0.717, 1.165) is 10.9 Å². The van der Waals surface area contributed by atoms with E-state index in [0.29, 0.717) is 11.3 Å². The van der Waals surface area contributed by atoms with E-state index >= 15 is 0 Å². The van der Waals surface area contributed by atoms with Crippen molar-refractivity contribution in [1.29, 1.82) is 0 Å². The van der Waals surface area contributed by atoms with Gasteiger partial charge in [-0.3, -0.25) is 0 Å². The molecule has 0 radical (unpaired) electrons. The van der Waals surface area contributed by atoms with Crippen LogP contribution in [0.2, 0.25) is 0 Å². The van der Waals surface area contributed by atoms with Gasteiger partial charge in [0.1, 0.15) is 0 Å². The van der Waals surface area contributed by atoms with Gasteiger partial charge in [0, 0.05) is 17.5 Å². The van der Waals surface area contributed by atoms with E-state index in [9.17, 15) is 0 Å². The number of aromatic nitrogens is 1. The Morgan fingerprint density at radius 3 is 3.00 bits per heavy atom. The maximum atomic E-state index is 6.24. The summed E-state index contributed by atoms with van der Waals surface area (Å²) in [6, 6.07) is 6.44. The number of nitrogens with zero attached hydrogens (tertiary/aromatic N) is 1. The van der Waals surface area contributed by atoms with Crippen LogP contribution >= 0.6 is 11.8 Å². The van der Waals surface area contributed by atoms with Crippen molar-refractivity contribution in [3.8, 4) is 0 Å². The molecule has 0 bridgehead atoms. The number of rotatable bonds is 4. The fourth-order valence-corrected chi connectivity index (χ4v) is 3.88. The highest BCUT2D eigenvalue weighted by Crippen LogP contribution is 2.36. The average Bonchev–Trinajstić information content (AvgIpc) is 2.35. The first-order chi connectivity index (χ1) is 8.29. The third-order valence-corrected chi connectivity index (χ3v) is 4.89. The van der Waals surface area contributed by atoms with Gasteiger partial charge >= 0.3 is 0 Å². The lowest BCUT2D eigenvalue weighted by Crippen LogP contribution is -2.38. The molecule has 1 aromatic rings. The molecule has 17 heavy (non-hydrogen) atoms. The van der Waals surface area contributed by atoms with Gasteiger partial charge in [0.25, 0.3) is 0 Å². The maximum absolute atomic E-state index is 6.24. The Kier molecular flexibility index (Phi) is 4.86. The molecule has 1 heterocycles. The van der Waals surface area contributed by atoms with Crippen LogP contribution in [-0.4, -0.2) is 16.3 Å². The summed E-state index contributed by atoms with van der Waals surface area (Å²) in [7, 11) is 0. The van der Waals surface area contributed by atoms with Crippen LogP contribution in [0.15, 0.2) is 29.4 Å². The van der Waals surface area contributed by atoms with E-state index in [-0.39, 0.29) is 0 Å². The first-order valence-electron chi connectivity index (χ1n) is 6.63. The summed E-state index contributed by atoms with van der Waals surface area (Å²) in [5.74, 6) is 0.876. The minimum atomic E-state index is 0.343. The molecule has 94 valence electrons. The molecule has 1 saturated carbocycles. The predicted octanol–water partition coefficient (Wildman–Crippen LogP) is 3.47. The van der Waals surface area contributed by atoms with Crippen molar-refractivity contribution in [2.45, 2.75) is 55.3 Å². The minimum Gasteiger partial charge on any atom is -0.327 e. The Labute approximate surface area is 108 Å². The summed E-state index contributed by atoms with van der Waals surface area (Å²) < 4.78 is 0. The number of hydrogen-bond acceptors (Lipinski definition) is 3. The van der Waals surface area contributed by atoms with Gasteiger partial charge in [-0.15, -0.1) is 11.8 Å². The van der Waals surface area contributed by atoms with Gasteiger partial charge in [0.2, 0.25) is 0 Å². The number of nitrogens with two attached hydrogens (primary N) is 1. The fourth-order valence-electron chi connectivity index (χ4n) is 2.61. The van der Waals surface area contributed by atoms with Crippen molar-refractivity contribution in [3.05, 3.63) is 24.4 Å². The topological polar surface area (TPSA) is 38.9 Å². The molecular weight excluding hydrogens is 228 g/mol. The molecule has 0 aromatic carbocycles.